The average Bonchev–Trinajstić information content (AvgIpc) is 3.17. The molecule has 0 aromatic heterocycles. The second-order valence-electron chi connectivity index (χ2n) is 6.11. The maximum Gasteiger partial charge on any atom is 0.237 e. The summed E-state index contributed by atoms with van der Waals surface area (Å²) in [6.45, 7) is 3.32. The Bertz CT molecular complexity index is 501. The van der Waals surface area contributed by atoms with Crippen molar-refractivity contribution in [2.45, 2.75) is 38.3 Å². The topological polar surface area (TPSA) is 32.3 Å². The van der Waals surface area contributed by atoms with Crippen LogP contribution in [-0.2, 0) is 4.79 Å². The van der Waals surface area contributed by atoms with Crippen molar-refractivity contribution in [3.8, 4) is 0 Å². The molecule has 1 aliphatic carbocycles. The Morgan fingerprint density at radius 3 is 2.95 bits per heavy atom. The van der Waals surface area contributed by atoms with Crippen LogP contribution in [0.3, 0.4) is 0 Å². The Kier molecular flexibility index (Phi) is 3.74. The first kappa shape index (κ1) is 13.6. The molecular weight excluding hydrogens is 255 g/mol. The van der Waals surface area contributed by atoms with Gasteiger partial charge in [-0.2, -0.15) is 0 Å². The van der Waals surface area contributed by atoms with Gasteiger partial charge in [0.2, 0.25) is 5.91 Å². The first-order chi connectivity index (χ1) is 9.63. The minimum Gasteiger partial charge on any atom is -0.334 e. The Hall–Kier alpha value is -1.42. The zero-order chi connectivity index (χ0) is 14.1. The van der Waals surface area contributed by atoms with E-state index in [-0.39, 0.29) is 17.8 Å². The van der Waals surface area contributed by atoms with Crippen LogP contribution in [0.4, 0.5) is 4.39 Å². The number of amides is 1. The maximum atomic E-state index is 13.4. The van der Waals surface area contributed by atoms with E-state index in [4.69, 9.17) is 0 Å². The summed E-state index contributed by atoms with van der Waals surface area (Å²) in [6.07, 6.45) is 3.27. The molecular formula is C16H21FN2O. The van der Waals surface area contributed by atoms with Gasteiger partial charge < -0.3 is 10.2 Å². The van der Waals surface area contributed by atoms with Crippen LogP contribution in [0, 0.1) is 11.7 Å². The molecule has 1 N–H and O–H groups in total. The number of nitrogens with one attached hydrogen (secondary N) is 1. The first-order valence-corrected chi connectivity index (χ1v) is 7.42. The molecule has 108 valence electrons. The summed E-state index contributed by atoms with van der Waals surface area (Å²) in [7, 11) is 0. The summed E-state index contributed by atoms with van der Waals surface area (Å²) in [5, 5.41) is 3.27. The molecule has 1 aromatic rings. The van der Waals surface area contributed by atoms with Gasteiger partial charge in [0.05, 0.1) is 12.6 Å². The van der Waals surface area contributed by atoms with Crippen molar-refractivity contribution >= 4 is 5.91 Å². The van der Waals surface area contributed by atoms with E-state index in [2.05, 4.69) is 12.2 Å². The summed E-state index contributed by atoms with van der Waals surface area (Å²) < 4.78 is 13.4. The minimum absolute atomic E-state index is 0.0224. The number of nitrogens with zero attached hydrogens (tertiary/aromatic N) is 1. The Morgan fingerprint density at radius 1 is 1.45 bits per heavy atom. The summed E-state index contributed by atoms with van der Waals surface area (Å²) >= 11 is 0. The summed E-state index contributed by atoms with van der Waals surface area (Å²) in [6, 6.07) is 7.19. The van der Waals surface area contributed by atoms with Gasteiger partial charge >= 0.3 is 0 Å². The van der Waals surface area contributed by atoms with Crippen molar-refractivity contribution in [2.24, 2.45) is 5.92 Å². The van der Waals surface area contributed by atoms with Crippen molar-refractivity contribution in [2.75, 3.05) is 13.1 Å². The Labute approximate surface area is 119 Å². The number of benzene rings is 1. The number of rotatable bonds is 4. The number of halogens is 1. The highest BCUT2D eigenvalue weighted by atomic mass is 19.1. The highest BCUT2D eigenvalue weighted by molar-refractivity contribution is 5.79. The molecule has 1 saturated heterocycles. The first-order valence-electron chi connectivity index (χ1n) is 7.42. The van der Waals surface area contributed by atoms with E-state index in [1.54, 1.807) is 12.1 Å². The monoisotopic (exact) mass is 276 g/mol. The number of carbonyl (C=O) groups is 1. The molecule has 1 aromatic carbocycles. The van der Waals surface area contributed by atoms with Crippen molar-refractivity contribution in [3.05, 3.63) is 35.6 Å². The van der Waals surface area contributed by atoms with Gasteiger partial charge in [-0.05, 0) is 42.9 Å². The molecule has 2 fully saturated rings. The highest BCUT2D eigenvalue weighted by Crippen LogP contribution is 2.35. The predicted molar refractivity (Wildman–Crippen MR) is 75.7 cm³/mol. The van der Waals surface area contributed by atoms with E-state index in [0.717, 1.165) is 18.5 Å². The minimum atomic E-state index is -0.231. The van der Waals surface area contributed by atoms with E-state index < -0.39 is 0 Å². The third-order valence-corrected chi connectivity index (χ3v) is 4.18. The third-order valence-electron chi connectivity index (χ3n) is 4.18. The summed E-state index contributed by atoms with van der Waals surface area (Å²) in [5.74, 6) is 0.370. The standard InChI is InChI=1S/C16H21FN2O/c1-11-7-15(12-3-2-4-13(17)8-12)19(10-11)16(20)9-18-14-5-6-14/h2-4,8,11,14-15,18H,5-7,9-10H2,1H3/t11-,15+/m1/s1. The molecule has 2 atom stereocenters. The van der Waals surface area contributed by atoms with Crippen molar-refractivity contribution < 1.29 is 9.18 Å². The average molecular weight is 276 g/mol. The molecule has 0 bridgehead atoms. The van der Waals surface area contributed by atoms with Crippen LogP contribution in [0.25, 0.3) is 0 Å². The van der Waals surface area contributed by atoms with E-state index in [1.807, 2.05) is 11.0 Å². The highest BCUT2D eigenvalue weighted by Gasteiger charge is 2.34. The fraction of sp³-hybridized carbons (Fsp3) is 0.562. The molecule has 1 saturated carbocycles. The van der Waals surface area contributed by atoms with Gasteiger partial charge in [-0.1, -0.05) is 19.1 Å². The van der Waals surface area contributed by atoms with Crippen molar-refractivity contribution in [1.29, 1.82) is 0 Å². The van der Waals surface area contributed by atoms with Gasteiger partial charge in [0.1, 0.15) is 5.82 Å². The van der Waals surface area contributed by atoms with Gasteiger partial charge in [0, 0.05) is 12.6 Å². The zero-order valence-corrected chi connectivity index (χ0v) is 11.8. The lowest BCUT2D eigenvalue weighted by atomic mass is 10.0. The molecule has 1 amide bonds. The molecule has 3 nitrogen and oxygen atoms in total. The fourth-order valence-electron chi connectivity index (χ4n) is 2.97. The lowest BCUT2D eigenvalue weighted by Crippen LogP contribution is -2.38. The predicted octanol–water partition coefficient (Wildman–Crippen LogP) is 2.49. The second kappa shape index (κ2) is 5.52. The van der Waals surface area contributed by atoms with Crippen LogP contribution in [0.2, 0.25) is 0 Å². The Balaban J connectivity index is 1.72. The van der Waals surface area contributed by atoms with Crippen molar-refractivity contribution in [1.82, 2.24) is 10.2 Å². The normalized spacial score (nSPS) is 26.0. The van der Waals surface area contributed by atoms with Gasteiger partial charge in [-0.3, -0.25) is 4.79 Å². The largest absolute Gasteiger partial charge is 0.334 e. The quantitative estimate of drug-likeness (QED) is 0.916. The molecule has 3 rings (SSSR count). The lowest BCUT2D eigenvalue weighted by molar-refractivity contribution is -0.131. The number of carbonyl (C=O) groups excluding carboxylic acids is 1. The smallest absolute Gasteiger partial charge is 0.237 e. The number of hydrogen-bond donors (Lipinski definition) is 1. The Morgan fingerprint density at radius 2 is 2.25 bits per heavy atom. The third kappa shape index (κ3) is 3.01. The molecule has 0 unspecified atom stereocenters. The molecule has 1 heterocycles. The van der Waals surface area contributed by atoms with Gasteiger partial charge in [0.25, 0.3) is 0 Å². The van der Waals surface area contributed by atoms with Crippen molar-refractivity contribution in [3.63, 3.8) is 0 Å². The molecule has 20 heavy (non-hydrogen) atoms. The second-order valence-corrected chi connectivity index (χ2v) is 6.11. The summed E-state index contributed by atoms with van der Waals surface area (Å²) in [5.41, 5.74) is 0.911. The maximum absolute atomic E-state index is 13.4. The zero-order valence-electron chi connectivity index (χ0n) is 11.8. The molecule has 0 spiro atoms. The summed E-state index contributed by atoms with van der Waals surface area (Å²) in [4.78, 5) is 14.3. The molecule has 2 aliphatic rings. The van der Waals surface area contributed by atoms with Gasteiger partial charge in [-0.15, -0.1) is 0 Å². The SMILES string of the molecule is C[C@@H]1C[C@@H](c2cccc(F)c2)N(C(=O)CNC2CC2)C1. The van der Waals surface area contributed by atoms with Crippen LogP contribution in [0.1, 0.15) is 37.8 Å². The number of hydrogen-bond acceptors (Lipinski definition) is 2. The van der Waals surface area contributed by atoms with Gasteiger partial charge in [0.15, 0.2) is 0 Å². The van der Waals surface area contributed by atoms with E-state index in [0.29, 0.717) is 18.5 Å². The lowest BCUT2D eigenvalue weighted by Gasteiger charge is -2.25. The van der Waals surface area contributed by atoms with E-state index >= 15 is 0 Å². The van der Waals surface area contributed by atoms with Crippen LogP contribution in [0.15, 0.2) is 24.3 Å². The van der Waals surface area contributed by atoms with Gasteiger partial charge in [-0.25, -0.2) is 4.39 Å². The van der Waals surface area contributed by atoms with Crippen LogP contribution in [-0.4, -0.2) is 29.9 Å². The van der Waals surface area contributed by atoms with E-state index in [9.17, 15) is 9.18 Å². The van der Waals surface area contributed by atoms with E-state index in [1.165, 1.54) is 18.9 Å². The molecule has 1 aliphatic heterocycles. The van der Waals surface area contributed by atoms with Crippen LogP contribution < -0.4 is 5.32 Å². The molecule has 0 radical (unpaired) electrons. The molecule has 4 heteroatoms. The van der Waals surface area contributed by atoms with Crippen LogP contribution in [0.5, 0.6) is 0 Å². The fourth-order valence-corrected chi connectivity index (χ4v) is 2.97. The number of likely N-dealkylation sites (tertiary alicyclic amines) is 1. The van der Waals surface area contributed by atoms with Crippen LogP contribution >= 0.6 is 0 Å².